The average molecular weight is 413 g/mol. The molecular weight excluding hydrogens is 397 g/mol. The van der Waals surface area contributed by atoms with Gasteiger partial charge in [0.25, 0.3) is 5.91 Å². The van der Waals surface area contributed by atoms with Crippen LogP contribution in [0.1, 0.15) is 21.1 Å². The highest BCUT2D eigenvalue weighted by molar-refractivity contribution is 8.00. The second-order valence-corrected chi connectivity index (χ2v) is 8.53. The maximum atomic E-state index is 13.2. The summed E-state index contributed by atoms with van der Waals surface area (Å²) >= 11 is 3.03. The highest BCUT2D eigenvalue weighted by atomic mass is 32.2. The van der Waals surface area contributed by atoms with Gasteiger partial charge in [-0.25, -0.2) is 4.39 Å². The van der Waals surface area contributed by atoms with Gasteiger partial charge in [0, 0.05) is 29.4 Å². The van der Waals surface area contributed by atoms with E-state index in [2.05, 4.69) is 10.2 Å². The number of anilines is 1. The van der Waals surface area contributed by atoms with Crippen LogP contribution in [0.5, 0.6) is 0 Å². The third kappa shape index (κ3) is 3.65. The summed E-state index contributed by atoms with van der Waals surface area (Å²) in [5.41, 5.74) is 2.06. The van der Waals surface area contributed by atoms with Crippen molar-refractivity contribution in [2.24, 2.45) is 0 Å². The van der Waals surface area contributed by atoms with Gasteiger partial charge in [0.05, 0.1) is 0 Å². The van der Waals surface area contributed by atoms with Gasteiger partial charge in [0.2, 0.25) is 0 Å². The van der Waals surface area contributed by atoms with E-state index < -0.39 is 0 Å². The Kier molecular flexibility index (Phi) is 5.15. The van der Waals surface area contributed by atoms with Gasteiger partial charge >= 0.3 is 0 Å². The Hall–Kier alpha value is -2.71. The Balaban J connectivity index is 1.68. The summed E-state index contributed by atoms with van der Waals surface area (Å²) in [5.74, 6) is 0.177. The van der Waals surface area contributed by atoms with Crippen molar-refractivity contribution < 1.29 is 13.6 Å². The molecule has 0 spiro atoms. The molecule has 142 valence electrons. The van der Waals surface area contributed by atoms with Crippen molar-refractivity contribution in [3.8, 4) is 0 Å². The van der Waals surface area contributed by atoms with Gasteiger partial charge in [-0.1, -0.05) is 41.3 Å². The number of amides is 1. The molecule has 0 unspecified atom stereocenters. The highest BCUT2D eigenvalue weighted by Gasteiger charge is 2.24. The van der Waals surface area contributed by atoms with Gasteiger partial charge in [-0.2, -0.15) is 0 Å². The van der Waals surface area contributed by atoms with E-state index in [9.17, 15) is 9.18 Å². The first-order valence-electron chi connectivity index (χ1n) is 8.50. The molecular formula is C20H16FN3O2S2. The summed E-state index contributed by atoms with van der Waals surface area (Å²) in [6.07, 6.45) is 0. The summed E-state index contributed by atoms with van der Waals surface area (Å²) < 4.78 is 20.0. The van der Waals surface area contributed by atoms with Crippen LogP contribution in [0.15, 0.2) is 57.3 Å². The summed E-state index contributed by atoms with van der Waals surface area (Å²) in [6, 6.07) is 13.3. The van der Waals surface area contributed by atoms with E-state index in [-0.39, 0.29) is 17.5 Å². The quantitative estimate of drug-likeness (QED) is 0.416. The number of thioether (sulfide) groups is 1. The third-order valence-corrected chi connectivity index (χ3v) is 6.26. The first-order valence-corrected chi connectivity index (χ1v) is 10.3. The first-order chi connectivity index (χ1) is 13.5. The normalized spacial score (nSPS) is 11.1. The van der Waals surface area contributed by atoms with Crippen molar-refractivity contribution in [1.82, 2.24) is 10.2 Å². The zero-order chi connectivity index (χ0) is 19.7. The molecule has 0 atom stereocenters. The van der Waals surface area contributed by atoms with Crippen molar-refractivity contribution in [2.75, 3.05) is 11.9 Å². The maximum Gasteiger partial charge on any atom is 0.294 e. The lowest BCUT2D eigenvalue weighted by atomic mass is 10.1. The van der Waals surface area contributed by atoms with Crippen LogP contribution >= 0.6 is 23.1 Å². The molecule has 0 bridgehead atoms. The van der Waals surface area contributed by atoms with Crippen molar-refractivity contribution in [2.45, 2.75) is 17.0 Å². The zero-order valence-electron chi connectivity index (χ0n) is 15.2. The van der Waals surface area contributed by atoms with Crippen molar-refractivity contribution >= 4 is 45.7 Å². The van der Waals surface area contributed by atoms with Gasteiger partial charge in [-0.05, 0) is 37.3 Å². The smallest absolute Gasteiger partial charge is 0.294 e. The number of hydrogen-bond acceptors (Lipinski definition) is 6. The van der Waals surface area contributed by atoms with E-state index in [1.165, 1.54) is 40.1 Å². The summed E-state index contributed by atoms with van der Waals surface area (Å²) in [7, 11) is 1.65. The molecule has 0 aliphatic rings. The van der Waals surface area contributed by atoms with Crippen molar-refractivity contribution in [3.05, 3.63) is 70.7 Å². The number of furan rings is 1. The van der Waals surface area contributed by atoms with E-state index in [0.29, 0.717) is 17.0 Å². The molecule has 0 fully saturated rings. The monoisotopic (exact) mass is 413 g/mol. The standard InChI is InChI=1S/C20H16FN3O2S2/c1-12-22-23-20(28-12)27-11-16-15-5-3-4-6-17(15)26-18(16)19(25)24(2)14-9-7-13(21)8-10-14/h3-10H,11H2,1-2H3. The fraction of sp³-hybridized carbons (Fsp3) is 0.150. The molecule has 8 heteroatoms. The number of aromatic nitrogens is 2. The van der Waals surface area contributed by atoms with E-state index in [1.54, 1.807) is 19.2 Å². The van der Waals surface area contributed by atoms with Gasteiger partial charge in [-0.3, -0.25) is 4.79 Å². The van der Waals surface area contributed by atoms with Gasteiger partial charge < -0.3 is 9.32 Å². The molecule has 4 rings (SSSR count). The Morgan fingerprint density at radius 1 is 1.18 bits per heavy atom. The fourth-order valence-electron chi connectivity index (χ4n) is 2.82. The Bertz CT molecular complexity index is 1140. The number of benzene rings is 2. The Morgan fingerprint density at radius 2 is 1.93 bits per heavy atom. The molecule has 0 N–H and O–H groups in total. The van der Waals surface area contributed by atoms with Crippen molar-refractivity contribution in [3.63, 3.8) is 0 Å². The van der Waals surface area contributed by atoms with E-state index in [4.69, 9.17) is 4.42 Å². The average Bonchev–Trinajstić information content (AvgIpc) is 3.29. The van der Waals surface area contributed by atoms with Gasteiger partial charge in [0.15, 0.2) is 10.1 Å². The van der Waals surface area contributed by atoms with Gasteiger partial charge in [0.1, 0.15) is 16.4 Å². The number of fused-ring (bicyclic) bond motifs is 1. The lowest BCUT2D eigenvalue weighted by Gasteiger charge is -2.16. The van der Waals surface area contributed by atoms with Crippen LogP contribution in [-0.2, 0) is 5.75 Å². The molecule has 4 aromatic rings. The lowest BCUT2D eigenvalue weighted by molar-refractivity contribution is 0.0967. The predicted molar refractivity (Wildman–Crippen MR) is 110 cm³/mol. The Morgan fingerprint density at radius 3 is 2.64 bits per heavy atom. The number of halogens is 1. The van der Waals surface area contributed by atoms with Crippen LogP contribution < -0.4 is 4.90 Å². The fourth-order valence-corrected chi connectivity index (χ4v) is 4.66. The van der Waals surface area contributed by atoms with Crippen LogP contribution in [0.2, 0.25) is 0 Å². The number of para-hydroxylation sites is 1. The summed E-state index contributed by atoms with van der Waals surface area (Å²) in [6.45, 7) is 1.90. The van der Waals surface area contributed by atoms with E-state index in [1.807, 2.05) is 31.2 Å². The summed E-state index contributed by atoms with van der Waals surface area (Å²) in [4.78, 5) is 14.6. The van der Waals surface area contributed by atoms with Crippen LogP contribution in [0.25, 0.3) is 11.0 Å². The van der Waals surface area contributed by atoms with Gasteiger partial charge in [-0.15, -0.1) is 10.2 Å². The minimum Gasteiger partial charge on any atom is -0.451 e. The number of aryl methyl sites for hydroxylation is 1. The van der Waals surface area contributed by atoms with Crippen molar-refractivity contribution in [1.29, 1.82) is 0 Å². The minimum atomic E-state index is -0.349. The topological polar surface area (TPSA) is 59.2 Å². The minimum absolute atomic E-state index is 0.279. The van der Waals surface area contributed by atoms with E-state index in [0.717, 1.165) is 20.3 Å². The largest absolute Gasteiger partial charge is 0.451 e. The number of hydrogen-bond donors (Lipinski definition) is 0. The molecule has 0 radical (unpaired) electrons. The zero-order valence-corrected chi connectivity index (χ0v) is 16.8. The molecule has 1 amide bonds. The number of rotatable bonds is 5. The molecule has 0 aliphatic heterocycles. The van der Waals surface area contributed by atoms with Crippen LogP contribution in [0, 0.1) is 12.7 Å². The molecule has 2 heterocycles. The SMILES string of the molecule is Cc1nnc(SCc2c(C(=O)N(C)c3ccc(F)cc3)oc3ccccc23)s1. The maximum absolute atomic E-state index is 13.2. The molecule has 2 aromatic heterocycles. The molecule has 28 heavy (non-hydrogen) atoms. The second kappa shape index (κ2) is 7.73. The summed E-state index contributed by atoms with van der Waals surface area (Å²) in [5, 5.41) is 9.95. The lowest BCUT2D eigenvalue weighted by Crippen LogP contribution is -2.26. The predicted octanol–water partition coefficient (Wildman–Crippen LogP) is 5.30. The van der Waals surface area contributed by atoms with Crippen LogP contribution in [0.3, 0.4) is 0 Å². The first kappa shape index (κ1) is 18.6. The second-order valence-electron chi connectivity index (χ2n) is 6.12. The molecule has 0 saturated heterocycles. The molecule has 2 aromatic carbocycles. The highest BCUT2D eigenvalue weighted by Crippen LogP contribution is 2.34. The van der Waals surface area contributed by atoms with Crippen LogP contribution in [-0.4, -0.2) is 23.2 Å². The molecule has 0 aliphatic carbocycles. The number of carbonyl (C=O) groups excluding carboxylic acids is 1. The number of nitrogens with zero attached hydrogens (tertiary/aromatic N) is 3. The number of carbonyl (C=O) groups is 1. The molecule has 5 nitrogen and oxygen atoms in total. The Labute approximate surface area is 169 Å². The molecule has 0 saturated carbocycles. The van der Waals surface area contributed by atoms with Crippen LogP contribution in [0.4, 0.5) is 10.1 Å². The third-order valence-electron chi connectivity index (χ3n) is 4.26. The van der Waals surface area contributed by atoms with E-state index >= 15 is 0 Å².